The number of hydrogen-bond acceptors (Lipinski definition) is 6. The molecule has 0 fully saturated rings. The highest BCUT2D eigenvalue weighted by Crippen LogP contribution is 2.17. The van der Waals surface area contributed by atoms with Crippen molar-refractivity contribution >= 4 is 17.9 Å². The van der Waals surface area contributed by atoms with Crippen LogP contribution in [0.2, 0.25) is 0 Å². The molecule has 0 bridgehead atoms. The van der Waals surface area contributed by atoms with Crippen LogP contribution in [0.1, 0.15) is 316 Å². The van der Waals surface area contributed by atoms with Crippen LogP contribution in [0.4, 0.5) is 0 Å². The highest BCUT2D eigenvalue weighted by Gasteiger charge is 2.19. The summed E-state index contributed by atoms with van der Waals surface area (Å²) in [6.07, 6.45) is 91.0. The molecular weight excluding hydrogens is 973 g/mol. The second kappa shape index (κ2) is 66.6. The molecule has 0 aliphatic carbocycles. The summed E-state index contributed by atoms with van der Waals surface area (Å²) in [4.78, 5) is 38.3. The molecule has 0 aliphatic heterocycles. The average molecular weight is 1100 g/mol. The maximum Gasteiger partial charge on any atom is 0.306 e. The highest BCUT2D eigenvalue weighted by atomic mass is 16.6. The molecule has 0 rings (SSSR count). The van der Waals surface area contributed by atoms with Gasteiger partial charge in [-0.25, -0.2) is 0 Å². The first-order chi connectivity index (χ1) is 39.0. The largest absolute Gasteiger partial charge is 0.462 e. The SMILES string of the molecule is CC/C=C\C/C=C\C/C=C\C/C=C\C/C=C\C/C=C\CCCCCCCCCCCCCCC(=O)OCC(COC(=O)CCCCCCCCCCCCCCCCC)OC(=O)CCCCCCC/C=C\C/C=C\C/C=C\CC. The molecule has 0 aromatic rings. The minimum atomic E-state index is -0.788. The fourth-order valence-electron chi connectivity index (χ4n) is 9.35. The number of carbonyl (C=O) groups excluding carboxylic acids is 3. The van der Waals surface area contributed by atoms with Gasteiger partial charge in [-0.1, -0.05) is 304 Å². The second-order valence-corrected chi connectivity index (χ2v) is 22.0. The molecule has 79 heavy (non-hydrogen) atoms. The lowest BCUT2D eigenvalue weighted by molar-refractivity contribution is -0.167. The summed E-state index contributed by atoms with van der Waals surface area (Å²) in [5.74, 6) is -0.890. The lowest BCUT2D eigenvalue weighted by atomic mass is 10.0. The Kier molecular flexibility index (Phi) is 63.3. The summed E-state index contributed by atoms with van der Waals surface area (Å²) in [6, 6.07) is 0. The lowest BCUT2D eigenvalue weighted by Gasteiger charge is -2.18. The van der Waals surface area contributed by atoms with E-state index in [-0.39, 0.29) is 31.1 Å². The van der Waals surface area contributed by atoms with Crippen LogP contribution >= 0.6 is 0 Å². The van der Waals surface area contributed by atoms with Crippen molar-refractivity contribution in [3.8, 4) is 0 Å². The summed E-state index contributed by atoms with van der Waals surface area (Å²) < 4.78 is 16.9. The Labute approximate surface area is 489 Å². The quantitative estimate of drug-likeness (QED) is 0.0261. The van der Waals surface area contributed by atoms with Crippen molar-refractivity contribution in [1.29, 1.82) is 0 Å². The fourth-order valence-corrected chi connectivity index (χ4v) is 9.35. The van der Waals surface area contributed by atoms with Crippen molar-refractivity contribution in [3.63, 3.8) is 0 Å². The second-order valence-electron chi connectivity index (χ2n) is 22.0. The Morgan fingerprint density at radius 3 is 0.772 bits per heavy atom. The van der Waals surface area contributed by atoms with Crippen LogP contribution in [-0.2, 0) is 28.6 Å². The zero-order valence-corrected chi connectivity index (χ0v) is 51.9. The smallest absolute Gasteiger partial charge is 0.306 e. The molecule has 0 heterocycles. The number of allylic oxidation sites excluding steroid dienone is 18. The van der Waals surface area contributed by atoms with Gasteiger partial charge in [-0.05, 0) is 103 Å². The van der Waals surface area contributed by atoms with E-state index in [1.165, 1.54) is 141 Å². The van der Waals surface area contributed by atoms with Crippen LogP contribution in [0.15, 0.2) is 109 Å². The van der Waals surface area contributed by atoms with E-state index in [1.54, 1.807) is 0 Å². The summed E-state index contributed by atoms with van der Waals surface area (Å²) in [7, 11) is 0. The van der Waals surface area contributed by atoms with Crippen LogP contribution in [-0.4, -0.2) is 37.2 Å². The van der Waals surface area contributed by atoms with Crippen molar-refractivity contribution in [2.75, 3.05) is 13.2 Å². The van der Waals surface area contributed by atoms with Gasteiger partial charge in [0.2, 0.25) is 0 Å². The van der Waals surface area contributed by atoms with Crippen molar-refractivity contribution < 1.29 is 28.6 Å². The molecule has 0 aromatic carbocycles. The summed E-state index contributed by atoms with van der Waals surface area (Å²) in [5.41, 5.74) is 0. The van der Waals surface area contributed by atoms with E-state index < -0.39 is 6.10 Å². The van der Waals surface area contributed by atoms with Gasteiger partial charge in [0, 0.05) is 19.3 Å². The van der Waals surface area contributed by atoms with E-state index in [1.807, 2.05) is 0 Å². The first-order valence-corrected chi connectivity index (χ1v) is 33.4. The zero-order valence-electron chi connectivity index (χ0n) is 51.9. The molecular formula is C73H124O6. The van der Waals surface area contributed by atoms with Crippen LogP contribution in [0, 0.1) is 0 Å². The molecule has 1 atom stereocenters. The Hall–Kier alpha value is -3.93. The molecule has 0 saturated heterocycles. The van der Waals surface area contributed by atoms with Crippen LogP contribution in [0.3, 0.4) is 0 Å². The van der Waals surface area contributed by atoms with Crippen LogP contribution in [0.5, 0.6) is 0 Å². The summed E-state index contributed by atoms with van der Waals surface area (Å²) >= 11 is 0. The van der Waals surface area contributed by atoms with Crippen LogP contribution < -0.4 is 0 Å². The number of unbranched alkanes of at least 4 members (excludes halogenated alkanes) is 31. The van der Waals surface area contributed by atoms with Gasteiger partial charge in [-0.2, -0.15) is 0 Å². The van der Waals surface area contributed by atoms with E-state index in [4.69, 9.17) is 14.2 Å². The average Bonchev–Trinajstić information content (AvgIpc) is 3.45. The fraction of sp³-hybridized carbons (Fsp3) is 0.712. The number of ether oxygens (including phenoxy) is 3. The standard InChI is InChI=1S/C73H124O6/c1-4-7-10-13-16-19-22-25-28-29-30-31-32-33-34-35-36-37-38-39-40-41-42-43-46-48-51-54-57-60-63-66-72(75)78-69-70(79-73(76)67-64-61-58-55-52-49-45-27-24-21-18-15-12-9-6-3)68-77-71(74)65-62-59-56-53-50-47-44-26-23-20-17-14-11-8-5-2/h7,9-10,12,16,18-19,21,25,27-28,30-31,33-34,36-37,45,70H,4-6,8,11,13-15,17,20,22-24,26,29,32,35,38-44,46-69H2,1-3H3/b10-7-,12-9-,19-16-,21-18-,28-25-,31-30-,34-33-,37-36-,45-27-. The molecule has 0 N–H and O–H groups in total. The predicted octanol–water partition coefficient (Wildman–Crippen LogP) is 23.0. The molecule has 1 unspecified atom stereocenters. The molecule has 0 saturated carbocycles. The number of hydrogen-bond donors (Lipinski definition) is 0. The Morgan fingerprint density at radius 2 is 0.494 bits per heavy atom. The highest BCUT2D eigenvalue weighted by molar-refractivity contribution is 5.71. The molecule has 0 amide bonds. The van der Waals surface area contributed by atoms with E-state index in [0.717, 1.165) is 135 Å². The van der Waals surface area contributed by atoms with E-state index >= 15 is 0 Å². The van der Waals surface area contributed by atoms with Gasteiger partial charge in [0.25, 0.3) is 0 Å². The minimum Gasteiger partial charge on any atom is -0.462 e. The molecule has 0 aromatic heterocycles. The molecule has 0 spiro atoms. The van der Waals surface area contributed by atoms with Gasteiger partial charge >= 0.3 is 17.9 Å². The van der Waals surface area contributed by atoms with Crippen LogP contribution in [0.25, 0.3) is 0 Å². The molecule has 0 aliphatic rings. The van der Waals surface area contributed by atoms with Crippen molar-refractivity contribution in [3.05, 3.63) is 109 Å². The Balaban J connectivity index is 4.25. The maximum absolute atomic E-state index is 12.9. The molecule has 6 nitrogen and oxygen atoms in total. The van der Waals surface area contributed by atoms with Gasteiger partial charge < -0.3 is 14.2 Å². The number of carbonyl (C=O) groups is 3. The first kappa shape index (κ1) is 75.1. The third kappa shape index (κ3) is 64.8. The monoisotopic (exact) mass is 1100 g/mol. The molecule has 6 heteroatoms. The van der Waals surface area contributed by atoms with Gasteiger partial charge in [-0.3, -0.25) is 14.4 Å². The topological polar surface area (TPSA) is 78.9 Å². The van der Waals surface area contributed by atoms with Gasteiger partial charge in [-0.15, -0.1) is 0 Å². The van der Waals surface area contributed by atoms with Gasteiger partial charge in [0.15, 0.2) is 6.10 Å². The number of rotatable bonds is 60. The van der Waals surface area contributed by atoms with Crippen molar-refractivity contribution in [1.82, 2.24) is 0 Å². The van der Waals surface area contributed by atoms with Gasteiger partial charge in [0.1, 0.15) is 13.2 Å². The third-order valence-corrected chi connectivity index (χ3v) is 14.3. The first-order valence-electron chi connectivity index (χ1n) is 33.4. The number of esters is 3. The Bertz CT molecular complexity index is 1590. The van der Waals surface area contributed by atoms with Gasteiger partial charge in [0.05, 0.1) is 0 Å². The lowest BCUT2D eigenvalue weighted by Crippen LogP contribution is -2.30. The maximum atomic E-state index is 12.9. The third-order valence-electron chi connectivity index (χ3n) is 14.3. The predicted molar refractivity (Wildman–Crippen MR) is 343 cm³/mol. The van der Waals surface area contributed by atoms with E-state index in [2.05, 4.69) is 130 Å². The van der Waals surface area contributed by atoms with Crippen molar-refractivity contribution in [2.45, 2.75) is 322 Å². The van der Waals surface area contributed by atoms with E-state index in [0.29, 0.717) is 19.3 Å². The van der Waals surface area contributed by atoms with E-state index in [9.17, 15) is 14.4 Å². The van der Waals surface area contributed by atoms with Crippen molar-refractivity contribution in [2.24, 2.45) is 0 Å². The summed E-state index contributed by atoms with van der Waals surface area (Å²) in [6.45, 7) is 6.43. The normalized spacial score (nSPS) is 12.8. The summed E-state index contributed by atoms with van der Waals surface area (Å²) in [5, 5.41) is 0. The minimum absolute atomic E-state index is 0.0825. The molecule has 0 radical (unpaired) electrons. The molecule has 452 valence electrons. The zero-order chi connectivity index (χ0) is 57.1. The Morgan fingerprint density at radius 1 is 0.266 bits per heavy atom.